The van der Waals surface area contributed by atoms with E-state index in [0.717, 1.165) is 16.5 Å². The summed E-state index contributed by atoms with van der Waals surface area (Å²) in [7, 11) is -0.185. The van der Waals surface area contributed by atoms with Crippen LogP contribution >= 0.6 is 11.3 Å². The maximum atomic E-state index is 12.6. The van der Waals surface area contributed by atoms with E-state index in [1.165, 1.54) is 23.5 Å². The topological polar surface area (TPSA) is 87.0 Å². The molecule has 1 heterocycles. The van der Waals surface area contributed by atoms with Crippen molar-refractivity contribution in [1.82, 2.24) is 4.57 Å². The van der Waals surface area contributed by atoms with Crippen molar-refractivity contribution in [3.05, 3.63) is 46.8 Å². The van der Waals surface area contributed by atoms with Crippen LogP contribution < -0.4 is 14.3 Å². The van der Waals surface area contributed by atoms with E-state index in [-0.39, 0.29) is 23.8 Å². The molecule has 30 heavy (non-hydrogen) atoms. The van der Waals surface area contributed by atoms with Gasteiger partial charge in [0.25, 0.3) is 5.91 Å². The first-order valence-electron chi connectivity index (χ1n) is 8.82. The average Bonchev–Trinajstić information content (AvgIpc) is 3.02. The highest BCUT2D eigenvalue weighted by molar-refractivity contribution is 7.90. The van der Waals surface area contributed by atoms with Gasteiger partial charge in [-0.15, -0.1) is 6.42 Å². The van der Waals surface area contributed by atoms with Crippen molar-refractivity contribution in [2.75, 3.05) is 20.5 Å². The summed E-state index contributed by atoms with van der Waals surface area (Å²) in [5.41, 5.74) is 1.46. The van der Waals surface area contributed by atoms with Crippen LogP contribution in [0.5, 0.6) is 11.5 Å². The quantitative estimate of drug-likeness (QED) is 0.545. The van der Waals surface area contributed by atoms with E-state index in [0.29, 0.717) is 21.9 Å². The molecule has 0 aliphatic carbocycles. The number of hydrogen-bond acceptors (Lipinski definition) is 6. The van der Waals surface area contributed by atoms with Crippen LogP contribution in [0.15, 0.2) is 46.3 Å². The van der Waals surface area contributed by atoms with Crippen LogP contribution in [0, 0.1) is 12.3 Å². The van der Waals surface area contributed by atoms with Gasteiger partial charge in [0.2, 0.25) is 0 Å². The molecule has 0 unspecified atom stereocenters. The largest absolute Gasteiger partial charge is 0.493 e. The number of fused-ring (bicyclic) bond motifs is 1. The summed E-state index contributed by atoms with van der Waals surface area (Å²) < 4.78 is 36.4. The number of carbonyl (C=O) groups is 1. The zero-order valence-corrected chi connectivity index (χ0v) is 18.3. The van der Waals surface area contributed by atoms with Crippen LogP contribution in [0.3, 0.4) is 0 Å². The molecule has 0 fully saturated rings. The second kappa shape index (κ2) is 8.73. The lowest BCUT2D eigenvalue weighted by Crippen LogP contribution is -2.17. The van der Waals surface area contributed by atoms with Gasteiger partial charge in [-0.25, -0.2) is 8.42 Å². The Labute approximate surface area is 178 Å². The van der Waals surface area contributed by atoms with Gasteiger partial charge in [0.1, 0.15) is 0 Å². The van der Waals surface area contributed by atoms with E-state index >= 15 is 0 Å². The third-order valence-electron chi connectivity index (χ3n) is 4.36. The molecule has 3 aromatic rings. The molecule has 1 amide bonds. The number of aromatic nitrogens is 1. The molecule has 2 aromatic carbocycles. The van der Waals surface area contributed by atoms with E-state index < -0.39 is 9.84 Å². The molecular weight excluding hydrogens is 424 g/mol. The minimum atomic E-state index is -3.28. The van der Waals surface area contributed by atoms with Gasteiger partial charge in [-0.2, -0.15) is 4.99 Å². The number of ether oxygens (including phenoxy) is 2. The molecule has 0 aliphatic heterocycles. The van der Waals surface area contributed by atoms with Crippen LogP contribution in [0.25, 0.3) is 10.2 Å². The van der Waals surface area contributed by atoms with Gasteiger partial charge < -0.3 is 14.0 Å². The van der Waals surface area contributed by atoms with Gasteiger partial charge in [0, 0.05) is 18.4 Å². The molecule has 7 nitrogen and oxygen atoms in total. The molecule has 0 saturated heterocycles. The summed E-state index contributed by atoms with van der Waals surface area (Å²) in [6.45, 7) is 0.241. The molecule has 0 N–H and O–H groups in total. The molecule has 3 rings (SSSR count). The van der Waals surface area contributed by atoms with Crippen LogP contribution in [-0.2, 0) is 27.6 Å². The third-order valence-corrected chi connectivity index (χ3v) is 6.53. The number of carbonyl (C=O) groups excluding carboxylic acids is 1. The number of thiazole rings is 1. The van der Waals surface area contributed by atoms with E-state index in [1.54, 1.807) is 37.0 Å². The first kappa shape index (κ1) is 21.6. The number of sulfone groups is 1. The Balaban J connectivity index is 1.99. The van der Waals surface area contributed by atoms with E-state index in [4.69, 9.17) is 15.9 Å². The fourth-order valence-electron chi connectivity index (χ4n) is 2.90. The number of terminal acetylenes is 1. The number of amides is 1. The zero-order chi connectivity index (χ0) is 21.9. The van der Waals surface area contributed by atoms with Crippen molar-refractivity contribution < 1.29 is 22.7 Å². The van der Waals surface area contributed by atoms with Crippen molar-refractivity contribution >= 4 is 37.3 Å². The van der Waals surface area contributed by atoms with Gasteiger partial charge in [-0.1, -0.05) is 29.4 Å². The molecule has 0 saturated carbocycles. The minimum absolute atomic E-state index is 0.0426. The Kier molecular flexibility index (Phi) is 6.29. The number of hydrogen-bond donors (Lipinski definition) is 0. The Morgan fingerprint density at radius 2 is 1.80 bits per heavy atom. The second-order valence-electron chi connectivity index (χ2n) is 6.45. The predicted octanol–water partition coefficient (Wildman–Crippen LogP) is 2.43. The minimum Gasteiger partial charge on any atom is -0.493 e. The summed E-state index contributed by atoms with van der Waals surface area (Å²) in [6, 6.07) is 9.80. The van der Waals surface area contributed by atoms with Gasteiger partial charge in [-0.3, -0.25) is 4.79 Å². The first-order chi connectivity index (χ1) is 14.3. The van der Waals surface area contributed by atoms with Gasteiger partial charge >= 0.3 is 0 Å². The average molecular weight is 445 g/mol. The summed E-state index contributed by atoms with van der Waals surface area (Å²) >= 11 is 1.32. The lowest BCUT2D eigenvalue weighted by Gasteiger charge is -2.08. The predicted molar refractivity (Wildman–Crippen MR) is 116 cm³/mol. The van der Waals surface area contributed by atoms with Crippen LogP contribution in [0.2, 0.25) is 0 Å². The summed E-state index contributed by atoms with van der Waals surface area (Å²) in [4.78, 5) is 17.5. The highest BCUT2D eigenvalue weighted by Crippen LogP contribution is 2.33. The summed E-state index contributed by atoms with van der Waals surface area (Å²) in [5, 5.41) is 0. The highest BCUT2D eigenvalue weighted by Gasteiger charge is 2.13. The SMILES string of the molecule is C#CCn1c(=NC(=O)Cc2ccc(S(C)(=O)=O)cc2)sc2cc(OC)c(OC)cc21. The number of benzene rings is 2. The molecule has 0 aliphatic rings. The molecule has 9 heteroatoms. The molecular formula is C21H20N2O5S2. The first-order valence-corrected chi connectivity index (χ1v) is 11.5. The fourth-order valence-corrected chi connectivity index (χ4v) is 4.59. The number of rotatable bonds is 6. The molecule has 0 atom stereocenters. The van der Waals surface area contributed by atoms with Crippen molar-refractivity contribution in [1.29, 1.82) is 0 Å². The van der Waals surface area contributed by atoms with E-state index in [2.05, 4.69) is 10.9 Å². The summed E-state index contributed by atoms with van der Waals surface area (Å²) in [6.07, 6.45) is 6.69. The fraction of sp³-hybridized carbons (Fsp3) is 0.238. The van der Waals surface area contributed by atoms with E-state index in [9.17, 15) is 13.2 Å². The van der Waals surface area contributed by atoms with Crippen LogP contribution in [0.4, 0.5) is 0 Å². The Morgan fingerprint density at radius 3 is 2.37 bits per heavy atom. The molecule has 1 aromatic heterocycles. The van der Waals surface area contributed by atoms with Crippen LogP contribution in [0.1, 0.15) is 5.56 Å². The monoisotopic (exact) mass is 444 g/mol. The molecule has 0 bridgehead atoms. The lowest BCUT2D eigenvalue weighted by molar-refractivity contribution is -0.117. The second-order valence-corrected chi connectivity index (χ2v) is 9.47. The van der Waals surface area contributed by atoms with Crippen molar-refractivity contribution in [2.24, 2.45) is 4.99 Å². The standard InChI is InChI=1S/C21H20N2O5S2/c1-5-10-23-16-12-17(27-2)18(28-3)13-19(16)29-21(23)22-20(24)11-14-6-8-15(9-7-14)30(4,25)26/h1,6-9,12-13H,10-11H2,2-4H3. The van der Waals surface area contributed by atoms with Gasteiger partial charge in [0.15, 0.2) is 26.1 Å². The normalized spacial score (nSPS) is 12.0. The molecule has 156 valence electrons. The lowest BCUT2D eigenvalue weighted by atomic mass is 10.1. The molecule has 0 radical (unpaired) electrons. The van der Waals surface area contributed by atoms with Crippen LogP contribution in [-0.4, -0.2) is 39.4 Å². The number of nitrogens with zero attached hydrogens (tertiary/aromatic N) is 2. The van der Waals surface area contributed by atoms with Crippen molar-refractivity contribution in [2.45, 2.75) is 17.9 Å². The smallest absolute Gasteiger partial charge is 0.252 e. The zero-order valence-electron chi connectivity index (χ0n) is 16.7. The van der Waals surface area contributed by atoms with E-state index in [1.807, 2.05) is 6.07 Å². The van der Waals surface area contributed by atoms with Gasteiger partial charge in [0.05, 0.1) is 42.3 Å². The van der Waals surface area contributed by atoms with Crippen molar-refractivity contribution in [3.8, 4) is 23.8 Å². The Hall–Kier alpha value is -3.09. The Morgan fingerprint density at radius 1 is 1.17 bits per heavy atom. The Bertz CT molecular complexity index is 1310. The maximum absolute atomic E-state index is 12.6. The third kappa shape index (κ3) is 4.56. The molecule has 0 spiro atoms. The highest BCUT2D eigenvalue weighted by atomic mass is 32.2. The van der Waals surface area contributed by atoms with Crippen molar-refractivity contribution in [3.63, 3.8) is 0 Å². The van der Waals surface area contributed by atoms with Gasteiger partial charge in [-0.05, 0) is 17.7 Å². The number of methoxy groups -OCH3 is 2. The maximum Gasteiger partial charge on any atom is 0.252 e. The summed E-state index contributed by atoms with van der Waals surface area (Å²) in [5.74, 6) is 3.34.